The summed E-state index contributed by atoms with van der Waals surface area (Å²) in [6.45, 7) is 4.21. The van der Waals surface area contributed by atoms with Crippen molar-refractivity contribution in [3.8, 4) is 11.5 Å². The molecule has 1 fully saturated rings. The number of aromatic nitrogens is 3. The number of rotatable bonds is 5. The summed E-state index contributed by atoms with van der Waals surface area (Å²) in [6.07, 6.45) is 1.69. The minimum atomic E-state index is -1.15. The number of carboxylic acids is 1. The van der Waals surface area contributed by atoms with Gasteiger partial charge in [0, 0.05) is 28.7 Å². The Morgan fingerprint density at radius 2 is 2.07 bits per heavy atom. The first-order valence-corrected chi connectivity index (χ1v) is 10.4. The molecule has 4 rings (SSSR count). The predicted molar refractivity (Wildman–Crippen MR) is 109 cm³/mol. The number of nitrogens with zero attached hydrogens (tertiary/aromatic N) is 4. The van der Waals surface area contributed by atoms with Crippen molar-refractivity contribution in [3.05, 3.63) is 51.3 Å². The van der Waals surface area contributed by atoms with Crippen LogP contribution in [-0.4, -0.2) is 43.6 Å². The summed E-state index contributed by atoms with van der Waals surface area (Å²) >= 11 is 1.53. The molecule has 9 nitrogen and oxygen atoms in total. The molecule has 3 N–H and O–H groups in total. The number of carbonyl (C=O) groups excluding carboxylic acids is 1. The summed E-state index contributed by atoms with van der Waals surface area (Å²) in [5.41, 5.74) is 7.27. The summed E-state index contributed by atoms with van der Waals surface area (Å²) in [4.78, 5) is 31.3. The van der Waals surface area contributed by atoms with Gasteiger partial charge in [0.1, 0.15) is 5.01 Å². The molecule has 3 aromatic rings. The third kappa shape index (κ3) is 3.83. The number of carbonyl (C=O) groups is 2. The zero-order valence-corrected chi connectivity index (χ0v) is 17.3. The Kier molecular flexibility index (Phi) is 5.35. The Morgan fingerprint density at radius 3 is 2.70 bits per heavy atom. The fraction of sp³-hybridized carbons (Fsp3) is 0.350. The van der Waals surface area contributed by atoms with E-state index in [1.165, 1.54) is 23.5 Å². The van der Waals surface area contributed by atoms with E-state index in [0.717, 1.165) is 23.5 Å². The topological polar surface area (TPSA) is 135 Å². The first kappa shape index (κ1) is 20.2. The lowest BCUT2D eigenvalue weighted by atomic mass is 10.0. The van der Waals surface area contributed by atoms with E-state index in [2.05, 4.69) is 15.2 Å². The van der Waals surface area contributed by atoms with Gasteiger partial charge in [0.05, 0.1) is 17.6 Å². The van der Waals surface area contributed by atoms with E-state index in [4.69, 9.17) is 10.2 Å². The van der Waals surface area contributed by atoms with Gasteiger partial charge in [0.2, 0.25) is 11.8 Å². The summed E-state index contributed by atoms with van der Waals surface area (Å²) in [5.74, 6) is -1.04. The third-order valence-electron chi connectivity index (χ3n) is 4.94. The number of amides is 1. The Labute approximate surface area is 176 Å². The first-order valence-electron chi connectivity index (χ1n) is 9.54. The number of thiazole rings is 1. The molecule has 0 aliphatic carbocycles. The van der Waals surface area contributed by atoms with Gasteiger partial charge in [-0.05, 0) is 44.9 Å². The van der Waals surface area contributed by atoms with Crippen LogP contribution in [0.15, 0.2) is 28.0 Å². The minimum absolute atomic E-state index is 0.0303. The third-order valence-corrected chi connectivity index (χ3v) is 6.00. The molecule has 0 bridgehead atoms. The number of aryl methyl sites for hydroxylation is 1. The molecule has 1 aliphatic rings. The van der Waals surface area contributed by atoms with Crippen LogP contribution in [0.25, 0.3) is 11.5 Å². The van der Waals surface area contributed by atoms with Crippen molar-refractivity contribution in [2.45, 2.75) is 38.8 Å². The number of carboxylic acid groups (broad SMARTS) is 1. The van der Waals surface area contributed by atoms with Crippen LogP contribution in [0.2, 0.25) is 0 Å². The molecule has 10 heteroatoms. The standard InChI is InChI=1S/C20H21N5O4S/c1-10-9-30-18(22-10)15-4-3-5-25(15)19(26)13-6-12(7-14(8-13)20(27)28)17-24-23-16(29-17)11(2)21/h6-9,11,15H,3-5,21H2,1-2H3,(H,27,28)/t11-,15+/m0/s1. The summed E-state index contributed by atoms with van der Waals surface area (Å²) in [5, 5.41) is 20.2. The molecule has 0 spiro atoms. The van der Waals surface area contributed by atoms with Crippen molar-refractivity contribution in [3.63, 3.8) is 0 Å². The second kappa shape index (κ2) is 7.96. The SMILES string of the molecule is Cc1csc([C@H]2CCCN2C(=O)c2cc(C(=O)O)cc(-c3nnc([C@H](C)N)o3)c2)n1. The van der Waals surface area contributed by atoms with Crippen molar-refractivity contribution in [1.82, 2.24) is 20.1 Å². The van der Waals surface area contributed by atoms with E-state index in [9.17, 15) is 14.7 Å². The van der Waals surface area contributed by atoms with Crippen molar-refractivity contribution in [2.75, 3.05) is 6.54 Å². The Morgan fingerprint density at radius 1 is 1.30 bits per heavy atom. The summed E-state index contributed by atoms with van der Waals surface area (Å²) in [7, 11) is 0. The number of hydrogen-bond acceptors (Lipinski definition) is 8. The highest BCUT2D eigenvalue weighted by Crippen LogP contribution is 2.35. The molecule has 1 aliphatic heterocycles. The Balaban J connectivity index is 1.71. The lowest BCUT2D eigenvalue weighted by Gasteiger charge is -2.23. The molecule has 2 atom stereocenters. The van der Waals surface area contributed by atoms with Gasteiger partial charge in [0.15, 0.2) is 0 Å². The second-order valence-electron chi connectivity index (χ2n) is 7.32. The van der Waals surface area contributed by atoms with E-state index in [1.54, 1.807) is 17.9 Å². The van der Waals surface area contributed by atoms with Crippen LogP contribution in [0, 0.1) is 6.92 Å². The van der Waals surface area contributed by atoms with Gasteiger partial charge < -0.3 is 20.2 Å². The van der Waals surface area contributed by atoms with Gasteiger partial charge in [-0.3, -0.25) is 4.79 Å². The summed E-state index contributed by atoms with van der Waals surface area (Å²) < 4.78 is 5.55. The maximum absolute atomic E-state index is 13.3. The number of likely N-dealkylation sites (tertiary alicyclic amines) is 1. The molecule has 1 saturated heterocycles. The van der Waals surface area contributed by atoms with E-state index in [1.807, 2.05) is 12.3 Å². The molecule has 30 heavy (non-hydrogen) atoms. The smallest absolute Gasteiger partial charge is 0.335 e. The molecule has 0 unspecified atom stereocenters. The minimum Gasteiger partial charge on any atom is -0.478 e. The van der Waals surface area contributed by atoms with Crippen LogP contribution < -0.4 is 5.73 Å². The largest absolute Gasteiger partial charge is 0.478 e. The molecule has 0 saturated carbocycles. The maximum atomic E-state index is 13.3. The molecule has 2 aromatic heterocycles. The van der Waals surface area contributed by atoms with Crippen LogP contribution in [0.4, 0.5) is 0 Å². The van der Waals surface area contributed by atoms with Crippen LogP contribution >= 0.6 is 11.3 Å². The maximum Gasteiger partial charge on any atom is 0.335 e. The first-order chi connectivity index (χ1) is 14.3. The van der Waals surface area contributed by atoms with Gasteiger partial charge in [-0.25, -0.2) is 9.78 Å². The molecule has 3 heterocycles. The Bertz CT molecular complexity index is 1110. The molecule has 0 radical (unpaired) electrons. The Hall–Kier alpha value is -3.11. The van der Waals surface area contributed by atoms with Crippen LogP contribution in [0.3, 0.4) is 0 Å². The van der Waals surface area contributed by atoms with Gasteiger partial charge in [-0.1, -0.05) is 0 Å². The van der Waals surface area contributed by atoms with Gasteiger partial charge >= 0.3 is 5.97 Å². The highest BCUT2D eigenvalue weighted by Gasteiger charge is 2.33. The van der Waals surface area contributed by atoms with Crippen LogP contribution in [-0.2, 0) is 0 Å². The normalized spacial score (nSPS) is 17.3. The molecular formula is C20H21N5O4S. The van der Waals surface area contributed by atoms with Gasteiger partial charge in [0.25, 0.3) is 5.91 Å². The fourth-order valence-electron chi connectivity index (χ4n) is 3.49. The number of aromatic carboxylic acids is 1. The van der Waals surface area contributed by atoms with Crippen LogP contribution in [0.5, 0.6) is 0 Å². The van der Waals surface area contributed by atoms with Crippen molar-refractivity contribution in [2.24, 2.45) is 5.73 Å². The average Bonchev–Trinajstić information content (AvgIpc) is 3.46. The van der Waals surface area contributed by atoms with E-state index in [0.29, 0.717) is 12.1 Å². The molecule has 1 aromatic carbocycles. The fourth-order valence-corrected chi connectivity index (χ4v) is 4.43. The van der Waals surface area contributed by atoms with Crippen LogP contribution in [0.1, 0.15) is 69.2 Å². The van der Waals surface area contributed by atoms with E-state index in [-0.39, 0.29) is 34.9 Å². The van der Waals surface area contributed by atoms with Crippen molar-refractivity contribution >= 4 is 23.2 Å². The predicted octanol–water partition coefficient (Wildman–Crippen LogP) is 3.20. The second-order valence-corrected chi connectivity index (χ2v) is 8.21. The highest BCUT2D eigenvalue weighted by atomic mass is 32.1. The van der Waals surface area contributed by atoms with E-state index >= 15 is 0 Å². The lowest BCUT2D eigenvalue weighted by Crippen LogP contribution is -2.30. The zero-order chi connectivity index (χ0) is 21.4. The summed E-state index contributed by atoms with van der Waals surface area (Å²) in [6, 6.07) is 3.79. The van der Waals surface area contributed by atoms with Crippen molar-refractivity contribution in [1.29, 1.82) is 0 Å². The zero-order valence-electron chi connectivity index (χ0n) is 16.5. The molecule has 156 valence electrons. The van der Waals surface area contributed by atoms with Gasteiger partial charge in [-0.2, -0.15) is 0 Å². The average molecular weight is 427 g/mol. The highest BCUT2D eigenvalue weighted by molar-refractivity contribution is 7.09. The quantitative estimate of drug-likeness (QED) is 0.634. The molecular weight excluding hydrogens is 406 g/mol. The van der Waals surface area contributed by atoms with E-state index < -0.39 is 12.0 Å². The van der Waals surface area contributed by atoms with Gasteiger partial charge in [-0.15, -0.1) is 21.5 Å². The molecule has 1 amide bonds. The van der Waals surface area contributed by atoms with Crippen molar-refractivity contribution < 1.29 is 19.1 Å². The monoisotopic (exact) mass is 427 g/mol. The lowest BCUT2D eigenvalue weighted by molar-refractivity contribution is 0.0697. The number of hydrogen-bond donors (Lipinski definition) is 2. The number of nitrogens with two attached hydrogens (primary N) is 1. The number of benzene rings is 1.